The maximum atomic E-state index is 11.9. The van der Waals surface area contributed by atoms with Crippen molar-refractivity contribution < 1.29 is 4.79 Å². The third kappa shape index (κ3) is 3.44. The quantitative estimate of drug-likeness (QED) is 0.823. The van der Waals surface area contributed by atoms with Gasteiger partial charge in [0, 0.05) is 39.8 Å². The standard InChI is InChI=1S/C15H30N4O/c1-12-4-7-19(11-13(12)10-16)14-5-8-18(9-6-14)15(20)17(2)3/h12-14H,4-11,16H2,1-3H3. The Balaban J connectivity index is 1.83. The van der Waals surface area contributed by atoms with E-state index in [4.69, 9.17) is 5.73 Å². The number of carbonyl (C=O) groups is 1. The van der Waals surface area contributed by atoms with E-state index in [2.05, 4.69) is 11.8 Å². The van der Waals surface area contributed by atoms with Gasteiger partial charge in [0.05, 0.1) is 0 Å². The van der Waals surface area contributed by atoms with Gasteiger partial charge in [-0.2, -0.15) is 0 Å². The van der Waals surface area contributed by atoms with Crippen LogP contribution in [0.2, 0.25) is 0 Å². The summed E-state index contributed by atoms with van der Waals surface area (Å²) in [5.41, 5.74) is 5.90. The molecule has 2 unspecified atom stereocenters. The molecule has 0 aromatic heterocycles. The second-order valence-electron chi connectivity index (χ2n) is 6.65. The van der Waals surface area contributed by atoms with Crippen molar-refractivity contribution in [2.45, 2.75) is 32.2 Å². The van der Waals surface area contributed by atoms with E-state index in [0.29, 0.717) is 12.0 Å². The summed E-state index contributed by atoms with van der Waals surface area (Å²) in [7, 11) is 3.65. The normalized spacial score (nSPS) is 29.5. The molecule has 2 atom stereocenters. The molecule has 0 saturated carbocycles. The molecule has 2 saturated heterocycles. The summed E-state index contributed by atoms with van der Waals surface area (Å²) >= 11 is 0. The number of piperidine rings is 2. The van der Waals surface area contributed by atoms with Gasteiger partial charge in [-0.15, -0.1) is 0 Å². The van der Waals surface area contributed by atoms with Gasteiger partial charge in [-0.3, -0.25) is 4.90 Å². The highest BCUT2D eigenvalue weighted by Crippen LogP contribution is 2.27. The van der Waals surface area contributed by atoms with Crippen LogP contribution >= 0.6 is 0 Å². The Labute approximate surface area is 123 Å². The number of urea groups is 1. The second kappa shape index (κ2) is 6.76. The van der Waals surface area contributed by atoms with Crippen molar-refractivity contribution in [2.75, 3.05) is 46.8 Å². The molecule has 2 N–H and O–H groups in total. The first kappa shape index (κ1) is 15.6. The fourth-order valence-electron chi connectivity index (χ4n) is 3.52. The Bertz CT molecular complexity index is 326. The van der Waals surface area contributed by atoms with Crippen molar-refractivity contribution in [1.82, 2.24) is 14.7 Å². The van der Waals surface area contributed by atoms with Crippen LogP contribution in [0, 0.1) is 11.8 Å². The van der Waals surface area contributed by atoms with Crippen LogP contribution in [0.1, 0.15) is 26.2 Å². The van der Waals surface area contributed by atoms with Gasteiger partial charge in [0.2, 0.25) is 0 Å². The first-order valence-electron chi connectivity index (χ1n) is 7.93. The van der Waals surface area contributed by atoms with E-state index in [9.17, 15) is 4.79 Å². The van der Waals surface area contributed by atoms with Crippen LogP contribution in [0.5, 0.6) is 0 Å². The van der Waals surface area contributed by atoms with Gasteiger partial charge in [-0.1, -0.05) is 6.92 Å². The third-order valence-corrected chi connectivity index (χ3v) is 5.08. The third-order valence-electron chi connectivity index (χ3n) is 5.08. The van der Waals surface area contributed by atoms with Gasteiger partial charge in [0.25, 0.3) is 0 Å². The Hall–Kier alpha value is -0.810. The fourth-order valence-corrected chi connectivity index (χ4v) is 3.52. The number of nitrogens with two attached hydrogens (primary N) is 1. The lowest BCUT2D eigenvalue weighted by molar-refractivity contribution is 0.0567. The van der Waals surface area contributed by atoms with Crippen molar-refractivity contribution in [2.24, 2.45) is 17.6 Å². The molecule has 0 spiro atoms. The summed E-state index contributed by atoms with van der Waals surface area (Å²) in [4.78, 5) is 18.2. The van der Waals surface area contributed by atoms with Gasteiger partial charge >= 0.3 is 6.03 Å². The van der Waals surface area contributed by atoms with Gasteiger partial charge in [0.1, 0.15) is 0 Å². The number of carbonyl (C=O) groups excluding carboxylic acids is 1. The largest absolute Gasteiger partial charge is 0.331 e. The molecule has 2 heterocycles. The van der Waals surface area contributed by atoms with E-state index < -0.39 is 0 Å². The molecule has 2 rings (SSSR count). The van der Waals surface area contributed by atoms with Crippen molar-refractivity contribution in [3.05, 3.63) is 0 Å². The number of likely N-dealkylation sites (tertiary alicyclic amines) is 2. The average Bonchev–Trinajstić information content (AvgIpc) is 2.47. The molecule has 0 aromatic carbocycles. The SMILES string of the molecule is CC1CCN(C2CCN(C(=O)N(C)C)CC2)CC1CN. The lowest BCUT2D eigenvalue weighted by atomic mass is 9.85. The summed E-state index contributed by atoms with van der Waals surface area (Å²) < 4.78 is 0. The van der Waals surface area contributed by atoms with E-state index in [1.54, 1.807) is 4.90 Å². The lowest BCUT2D eigenvalue weighted by Crippen LogP contribution is -2.53. The van der Waals surface area contributed by atoms with Crippen LogP contribution in [0.15, 0.2) is 0 Å². The Morgan fingerprint density at radius 2 is 1.85 bits per heavy atom. The monoisotopic (exact) mass is 282 g/mol. The summed E-state index contributed by atoms with van der Waals surface area (Å²) in [6.45, 7) is 7.25. The predicted molar refractivity (Wildman–Crippen MR) is 81.6 cm³/mol. The van der Waals surface area contributed by atoms with Crippen LogP contribution in [0.25, 0.3) is 0 Å². The topological polar surface area (TPSA) is 52.8 Å². The van der Waals surface area contributed by atoms with E-state index in [-0.39, 0.29) is 6.03 Å². The minimum Gasteiger partial charge on any atom is -0.331 e. The molecule has 20 heavy (non-hydrogen) atoms. The van der Waals surface area contributed by atoms with Crippen LogP contribution in [-0.4, -0.2) is 73.6 Å². The Morgan fingerprint density at radius 3 is 2.40 bits per heavy atom. The number of hydrogen-bond acceptors (Lipinski definition) is 3. The van der Waals surface area contributed by atoms with Crippen molar-refractivity contribution in [3.63, 3.8) is 0 Å². The molecule has 5 heteroatoms. The van der Waals surface area contributed by atoms with Crippen LogP contribution in [0.3, 0.4) is 0 Å². The van der Waals surface area contributed by atoms with Crippen molar-refractivity contribution in [3.8, 4) is 0 Å². The summed E-state index contributed by atoms with van der Waals surface area (Å²) in [5, 5.41) is 0. The molecule has 0 radical (unpaired) electrons. The fraction of sp³-hybridized carbons (Fsp3) is 0.933. The minimum absolute atomic E-state index is 0.149. The zero-order valence-electron chi connectivity index (χ0n) is 13.2. The predicted octanol–water partition coefficient (Wildman–Crippen LogP) is 1.05. The highest BCUT2D eigenvalue weighted by atomic mass is 16.2. The Kier molecular flexibility index (Phi) is 5.27. The first-order chi connectivity index (χ1) is 9.52. The maximum Gasteiger partial charge on any atom is 0.319 e. The number of nitrogens with zero attached hydrogens (tertiary/aromatic N) is 3. The maximum absolute atomic E-state index is 11.9. The lowest BCUT2D eigenvalue weighted by Gasteiger charge is -2.44. The average molecular weight is 282 g/mol. The molecular formula is C15H30N4O. The van der Waals surface area contributed by atoms with Gasteiger partial charge in [-0.25, -0.2) is 4.79 Å². The second-order valence-corrected chi connectivity index (χ2v) is 6.65. The van der Waals surface area contributed by atoms with Crippen LogP contribution in [-0.2, 0) is 0 Å². The number of rotatable bonds is 2. The van der Waals surface area contributed by atoms with Crippen molar-refractivity contribution in [1.29, 1.82) is 0 Å². The Morgan fingerprint density at radius 1 is 1.20 bits per heavy atom. The molecule has 2 aliphatic rings. The van der Waals surface area contributed by atoms with Crippen molar-refractivity contribution >= 4 is 6.03 Å². The van der Waals surface area contributed by atoms with E-state index in [1.807, 2.05) is 19.0 Å². The number of hydrogen-bond donors (Lipinski definition) is 1. The molecule has 116 valence electrons. The molecule has 2 aliphatic heterocycles. The summed E-state index contributed by atoms with van der Waals surface area (Å²) in [6.07, 6.45) is 3.47. The highest BCUT2D eigenvalue weighted by molar-refractivity contribution is 5.73. The van der Waals surface area contributed by atoms with E-state index >= 15 is 0 Å². The smallest absolute Gasteiger partial charge is 0.319 e. The molecular weight excluding hydrogens is 252 g/mol. The molecule has 2 fully saturated rings. The summed E-state index contributed by atoms with van der Waals surface area (Å²) in [5.74, 6) is 1.40. The molecule has 0 bridgehead atoms. The zero-order valence-corrected chi connectivity index (χ0v) is 13.2. The highest BCUT2D eigenvalue weighted by Gasteiger charge is 2.32. The zero-order chi connectivity index (χ0) is 14.7. The molecule has 0 aromatic rings. The van der Waals surface area contributed by atoms with Crippen LogP contribution < -0.4 is 5.73 Å². The number of amides is 2. The molecule has 5 nitrogen and oxygen atoms in total. The van der Waals surface area contributed by atoms with Crippen LogP contribution in [0.4, 0.5) is 4.79 Å². The van der Waals surface area contributed by atoms with E-state index in [0.717, 1.165) is 44.9 Å². The molecule has 2 amide bonds. The molecule has 0 aliphatic carbocycles. The van der Waals surface area contributed by atoms with Gasteiger partial charge in [0.15, 0.2) is 0 Å². The minimum atomic E-state index is 0.149. The van der Waals surface area contributed by atoms with Gasteiger partial charge in [-0.05, 0) is 44.2 Å². The van der Waals surface area contributed by atoms with E-state index in [1.165, 1.54) is 13.0 Å². The summed E-state index contributed by atoms with van der Waals surface area (Å²) in [6, 6.07) is 0.790. The van der Waals surface area contributed by atoms with Gasteiger partial charge < -0.3 is 15.5 Å². The first-order valence-corrected chi connectivity index (χ1v) is 7.93.